The van der Waals surface area contributed by atoms with Gasteiger partial charge in [0.25, 0.3) is 17.5 Å². The molecule has 1 N–H and O–H groups in total. The minimum atomic E-state index is -1.02. The van der Waals surface area contributed by atoms with E-state index in [4.69, 9.17) is 4.74 Å². The Morgan fingerprint density at radius 1 is 1.14 bits per heavy atom. The third-order valence-electron chi connectivity index (χ3n) is 4.19. The number of hydrogen-bond acceptors (Lipinski definition) is 7. The Bertz CT molecular complexity index is 1070. The molecule has 4 amide bonds. The summed E-state index contributed by atoms with van der Waals surface area (Å²) < 4.78 is 4.84. The Kier molecular flexibility index (Phi) is 5.01. The number of carbonyl (C=O) groups is 3. The lowest BCUT2D eigenvalue weighted by atomic mass is 10.0. The Labute approximate surface area is 164 Å². The van der Waals surface area contributed by atoms with E-state index in [1.54, 1.807) is 12.1 Å². The Balaban J connectivity index is 2.11. The molecule has 0 radical (unpaired) electrons. The van der Waals surface area contributed by atoms with Crippen LogP contribution in [0, 0.1) is 17.0 Å². The zero-order valence-corrected chi connectivity index (χ0v) is 15.3. The number of hydrogen-bond donors (Lipinski definition) is 1. The number of methoxy groups -OCH3 is 1. The second-order valence-electron chi connectivity index (χ2n) is 6.12. The summed E-state index contributed by atoms with van der Waals surface area (Å²) in [5, 5.41) is 25.5. The van der Waals surface area contributed by atoms with Crippen LogP contribution in [0.15, 0.2) is 42.0 Å². The molecule has 29 heavy (non-hydrogen) atoms. The van der Waals surface area contributed by atoms with E-state index in [0.717, 1.165) is 35.8 Å². The van der Waals surface area contributed by atoms with Crippen LogP contribution in [0.4, 0.5) is 16.2 Å². The highest BCUT2D eigenvalue weighted by molar-refractivity contribution is 6.39. The number of anilines is 1. The molecule has 0 aromatic heterocycles. The van der Waals surface area contributed by atoms with Gasteiger partial charge in [-0.15, -0.1) is 0 Å². The number of imide groups is 2. The minimum Gasteiger partial charge on any atom is -0.870 e. The Morgan fingerprint density at radius 3 is 2.38 bits per heavy atom. The number of aryl methyl sites for hydroxylation is 1. The van der Waals surface area contributed by atoms with E-state index in [-0.39, 0.29) is 17.0 Å². The van der Waals surface area contributed by atoms with Crippen molar-refractivity contribution in [2.75, 3.05) is 12.0 Å². The number of ether oxygens (including phenoxy) is 1. The molecule has 1 aliphatic heterocycles. The summed E-state index contributed by atoms with van der Waals surface area (Å²) in [4.78, 5) is 48.3. The molecular formula is C19H14N3O7-. The van der Waals surface area contributed by atoms with E-state index in [9.17, 15) is 29.6 Å². The normalized spacial score (nSPS) is 15.4. The van der Waals surface area contributed by atoms with Crippen molar-refractivity contribution < 1.29 is 29.2 Å². The van der Waals surface area contributed by atoms with Crippen molar-refractivity contribution >= 4 is 35.3 Å². The summed E-state index contributed by atoms with van der Waals surface area (Å²) in [6, 6.07) is 7.32. The van der Waals surface area contributed by atoms with Gasteiger partial charge in [0.05, 0.1) is 23.8 Å². The molecule has 2 aromatic rings. The van der Waals surface area contributed by atoms with E-state index in [1.807, 2.05) is 12.2 Å². The second kappa shape index (κ2) is 7.43. The largest absolute Gasteiger partial charge is 0.870 e. The summed E-state index contributed by atoms with van der Waals surface area (Å²) >= 11 is 0. The molecule has 148 valence electrons. The maximum Gasteiger partial charge on any atom is 0.335 e. The second-order valence-corrected chi connectivity index (χ2v) is 6.12. The molecule has 10 nitrogen and oxygen atoms in total. The minimum absolute atomic E-state index is 0.218. The third-order valence-corrected chi connectivity index (χ3v) is 4.19. The highest BCUT2D eigenvalue weighted by atomic mass is 16.6. The summed E-state index contributed by atoms with van der Waals surface area (Å²) in [5.41, 5.74) is -0.165. The first kappa shape index (κ1) is 19.5. The molecule has 0 saturated carbocycles. The summed E-state index contributed by atoms with van der Waals surface area (Å²) in [6.45, 7) is 1.82. The van der Waals surface area contributed by atoms with Gasteiger partial charge in [0.2, 0.25) is 0 Å². The van der Waals surface area contributed by atoms with Gasteiger partial charge in [0.15, 0.2) is 0 Å². The fourth-order valence-electron chi connectivity index (χ4n) is 2.71. The van der Waals surface area contributed by atoms with Crippen LogP contribution in [0.5, 0.6) is 11.5 Å². The summed E-state index contributed by atoms with van der Waals surface area (Å²) in [7, 11) is 1.16. The van der Waals surface area contributed by atoms with Crippen LogP contribution in [0.1, 0.15) is 11.1 Å². The SMILES string of the molecule is COc1cc([N+](=O)[O-])cc(/C=C2/C(=O)NC(=O)N(c3ccc(C)cc3)C2=O)c1[O-]. The number of carbonyl (C=O) groups excluding carboxylic acids is 3. The molecule has 10 heteroatoms. The highest BCUT2D eigenvalue weighted by Crippen LogP contribution is 2.34. The number of non-ortho nitro benzene ring substituents is 1. The van der Waals surface area contributed by atoms with Crippen molar-refractivity contribution in [3.05, 3.63) is 63.2 Å². The molecule has 2 aromatic carbocycles. The fraction of sp³-hybridized carbons (Fsp3) is 0.105. The summed E-state index contributed by atoms with van der Waals surface area (Å²) in [6.07, 6.45) is 0.906. The van der Waals surface area contributed by atoms with Gasteiger partial charge in [-0.2, -0.15) is 0 Å². The highest BCUT2D eigenvalue weighted by Gasteiger charge is 2.36. The number of nitrogens with one attached hydrogen (secondary N) is 1. The molecule has 0 atom stereocenters. The maximum absolute atomic E-state index is 12.8. The predicted octanol–water partition coefficient (Wildman–Crippen LogP) is 1.65. The number of rotatable bonds is 4. The van der Waals surface area contributed by atoms with Gasteiger partial charge in [-0.05, 0) is 30.7 Å². The third kappa shape index (κ3) is 3.63. The van der Waals surface area contributed by atoms with Gasteiger partial charge in [-0.1, -0.05) is 23.4 Å². The van der Waals surface area contributed by atoms with Crippen molar-refractivity contribution in [1.82, 2.24) is 5.32 Å². The van der Waals surface area contributed by atoms with Crippen LogP contribution < -0.4 is 20.1 Å². The van der Waals surface area contributed by atoms with Crippen LogP contribution in [0.2, 0.25) is 0 Å². The van der Waals surface area contributed by atoms with E-state index >= 15 is 0 Å². The molecule has 1 fully saturated rings. The summed E-state index contributed by atoms with van der Waals surface area (Å²) in [5.74, 6) is -3.05. The first-order valence-electron chi connectivity index (χ1n) is 8.24. The molecule has 0 spiro atoms. The number of nitro benzene ring substituents is 1. The van der Waals surface area contributed by atoms with Crippen LogP contribution >= 0.6 is 0 Å². The van der Waals surface area contributed by atoms with Gasteiger partial charge < -0.3 is 9.84 Å². The van der Waals surface area contributed by atoms with E-state index in [1.165, 1.54) is 12.1 Å². The number of amides is 4. The number of benzene rings is 2. The number of nitrogens with zero attached hydrogens (tertiary/aromatic N) is 2. The van der Waals surface area contributed by atoms with Crippen LogP contribution in [-0.2, 0) is 9.59 Å². The van der Waals surface area contributed by atoms with Crippen LogP contribution in [0.3, 0.4) is 0 Å². The van der Waals surface area contributed by atoms with Crippen molar-refractivity contribution in [2.24, 2.45) is 0 Å². The van der Waals surface area contributed by atoms with Crippen LogP contribution in [-0.4, -0.2) is 29.9 Å². The maximum atomic E-state index is 12.8. The number of urea groups is 1. The van der Waals surface area contributed by atoms with E-state index in [2.05, 4.69) is 0 Å². The van der Waals surface area contributed by atoms with Crippen molar-refractivity contribution in [2.45, 2.75) is 6.92 Å². The average molecular weight is 396 g/mol. The number of barbiturate groups is 1. The molecule has 0 aliphatic carbocycles. The predicted molar refractivity (Wildman–Crippen MR) is 99.3 cm³/mol. The zero-order chi connectivity index (χ0) is 21.3. The molecule has 0 unspecified atom stereocenters. The standard InChI is InChI=1S/C19H15N3O7/c1-10-3-5-12(6-4-10)21-18(25)14(17(24)20-19(21)26)8-11-7-13(22(27)28)9-15(29-2)16(11)23/h3-9,23H,1-2H3,(H,20,24,26)/p-1/b14-8-. The Morgan fingerprint density at radius 2 is 1.79 bits per heavy atom. The monoisotopic (exact) mass is 396 g/mol. The Hall–Kier alpha value is -4.21. The molecule has 1 aliphatic rings. The van der Waals surface area contributed by atoms with Gasteiger partial charge in [0.1, 0.15) is 11.3 Å². The lowest BCUT2D eigenvalue weighted by molar-refractivity contribution is -0.385. The zero-order valence-electron chi connectivity index (χ0n) is 15.3. The van der Waals surface area contributed by atoms with Crippen molar-refractivity contribution in [3.8, 4) is 11.5 Å². The van der Waals surface area contributed by atoms with Crippen molar-refractivity contribution in [1.29, 1.82) is 0 Å². The van der Waals surface area contributed by atoms with Gasteiger partial charge in [-0.3, -0.25) is 25.0 Å². The van der Waals surface area contributed by atoms with E-state index < -0.39 is 39.8 Å². The quantitative estimate of drug-likeness (QED) is 0.358. The average Bonchev–Trinajstić information content (AvgIpc) is 2.67. The molecule has 3 rings (SSSR count). The lowest BCUT2D eigenvalue weighted by Gasteiger charge is -2.26. The van der Waals surface area contributed by atoms with Crippen LogP contribution in [0.25, 0.3) is 6.08 Å². The van der Waals surface area contributed by atoms with E-state index in [0.29, 0.717) is 0 Å². The topological polar surface area (TPSA) is 142 Å². The lowest BCUT2D eigenvalue weighted by Crippen LogP contribution is -2.54. The molecule has 1 saturated heterocycles. The molecule has 1 heterocycles. The fourth-order valence-corrected chi connectivity index (χ4v) is 2.71. The van der Waals surface area contributed by atoms with Gasteiger partial charge in [-0.25, -0.2) is 9.69 Å². The first-order chi connectivity index (χ1) is 13.7. The first-order valence-corrected chi connectivity index (χ1v) is 8.24. The number of nitro groups is 1. The molecular weight excluding hydrogens is 382 g/mol. The van der Waals surface area contributed by atoms with Gasteiger partial charge >= 0.3 is 6.03 Å². The van der Waals surface area contributed by atoms with Crippen molar-refractivity contribution in [3.63, 3.8) is 0 Å². The smallest absolute Gasteiger partial charge is 0.335 e. The molecule has 0 bridgehead atoms. The van der Waals surface area contributed by atoms with Gasteiger partial charge in [0, 0.05) is 6.07 Å².